The van der Waals surface area contributed by atoms with Crippen LogP contribution in [-0.2, 0) is 26.3 Å². The number of nitrogens with one attached hydrogen (secondary N) is 1. The average molecular weight is 323 g/mol. The Morgan fingerprint density at radius 3 is 2.58 bits per heavy atom. The molecule has 1 saturated heterocycles. The molecule has 2 rings (SSSR count). The van der Waals surface area contributed by atoms with E-state index in [-0.39, 0.29) is 15.7 Å². The Bertz CT molecular complexity index is 675. The average Bonchev–Trinajstić information content (AvgIpc) is 2.83. The van der Waals surface area contributed by atoms with Crippen LogP contribution in [0.15, 0.2) is 16.3 Å². The quantitative estimate of drug-likeness (QED) is 0.902. The molecule has 0 amide bonds. The molecule has 1 unspecified atom stereocenters. The highest BCUT2D eigenvalue weighted by atomic mass is 32.2. The second-order valence-corrected chi connectivity index (χ2v) is 10.3. The van der Waals surface area contributed by atoms with Gasteiger partial charge in [-0.1, -0.05) is 6.92 Å². The lowest BCUT2D eigenvalue weighted by molar-refractivity contribution is 0.462. The maximum absolute atomic E-state index is 12.2. The van der Waals surface area contributed by atoms with E-state index in [0.717, 1.165) is 11.3 Å². The van der Waals surface area contributed by atoms with Crippen molar-refractivity contribution in [2.45, 2.75) is 36.4 Å². The fraction of sp³-hybridized carbons (Fsp3) is 0.636. The van der Waals surface area contributed by atoms with Crippen molar-refractivity contribution in [3.63, 3.8) is 0 Å². The number of hydrogen-bond acceptors (Lipinski definition) is 5. The SMILES string of the molecule is CCc1ccc(S(=O)(=O)NC2(C)CCS(=O)(=O)C2)s1. The Kier molecular flexibility index (Phi) is 3.81. The van der Waals surface area contributed by atoms with Crippen LogP contribution in [0.5, 0.6) is 0 Å². The van der Waals surface area contributed by atoms with E-state index in [4.69, 9.17) is 0 Å². The molecule has 0 saturated carbocycles. The van der Waals surface area contributed by atoms with Gasteiger partial charge >= 0.3 is 0 Å². The van der Waals surface area contributed by atoms with Crippen molar-refractivity contribution in [1.82, 2.24) is 4.72 Å². The summed E-state index contributed by atoms with van der Waals surface area (Å²) in [5.41, 5.74) is -0.895. The second-order valence-electron chi connectivity index (χ2n) is 5.08. The minimum Gasteiger partial charge on any atom is -0.229 e. The number of rotatable bonds is 4. The Morgan fingerprint density at radius 2 is 2.11 bits per heavy atom. The molecular weight excluding hydrogens is 306 g/mol. The number of aryl methyl sites for hydroxylation is 1. The topological polar surface area (TPSA) is 80.3 Å². The Labute approximate surface area is 118 Å². The highest BCUT2D eigenvalue weighted by Crippen LogP contribution is 2.28. The van der Waals surface area contributed by atoms with Crippen LogP contribution in [0.4, 0.5) is 0 Å². The van der Waals surface area contributed by atoms with Crippen LogP contribution in [0.25, 0.3) is 0 Å². The Morgan fingerprint density at radius 1 is 1.42 bits per heavy atom. The molecule has 1 fully saturated rings. The van der Waals surface area contributed by atoms with E-state index in [2.05, 4.69) is 4.72 Å². The lowest BCUT2D eigenvalue weighted by Gasteiger charge is -2.22. The van der Waals surface area contributed by atoms with E-state index in [1.54, 1.807) is 19.1 Å². The maximum atomic E-state index is 12.2. The molecule has 1 aliphatic heterocycles. The van der Waals surface area contributed by atoms with Gasteiger partial charge in [0, 0.05) is 10.4 Å². The van der Waals surface area contributed by atoms with E-state index in [0.29, 0.717) is 6.42 Å². The molecule has 0 bridgehead atoms. The molecule has 19 heavy (non-hydrogen) atoms. The molecule has 0 aliphatic carbocycles. The first-order valence-corrected chi connectivity index (χ1v) is 10.1. The molecule has 1 aromatic heterocycles. The summed E-state index contributed by atoms with van der Waals surface area (Å²) in [6, 6.07) is 3.35. The molecule has 0 spiro atoms. The molecule has 1 aromatic rings. The lowest BCUT2D eigenvalue weighted by atomic mass is 10.0. The van der Waals surface area contributed by atoms with Crippen molar-refractivity contribution in [3.05, 3.63) is 17.0 Å². The van der Waals surface area contributed by atoms with Crippen molar-refractivity contribution in [1.29, 1.82) is 0 Å². The third-order valence-electron chi connectivity index (χ3n) is 3.13. The first-order valence-electron chi connectivity index (χ1n) is 5.99. The largest absolute Gasteiger partial charge is 0.250 e. The van der Waals surface area contributed by atoms with E-state index in [1.165, 1.54) is 11.3 Å². The molecule has 5 nitrogen and oxygen atoms in total. The molecule has 8 heteroatoms. The van der Waals surface area contributed by atoms with Crippen molar-refractivity contribution >= 4 is 31.2 Å². The summed E-state index contributed by atoms with van der Waals surface area (Å²) in [6.45, 7) is 3.60. The zero-order chi connectivity index (χ0) is 14.3. The van der Waals surface area contributed by atoms with Crippen molar-refractivity contribution in [2.24, 2.45) is 0 Å². The molecule has 1 N–H and O–H groups in total. The van der Waals surface area contributed by atoms with E-state index >= 15 is 0 Å². The van der Waals surface area contributed by atoms with E-state index in [9.17, 15) is 16.8 Å². The molecule has 2 heterocycles. The molecule has 0 aromatic carbocycles. The third kappa shape index (κ3) is 3.36. The molecule has 1 atom stereocenters. The van der Waals surface area contributed by atoms with Gasteiger partial charge in [-0.25, -0.2) is 21.6 Å². The fourth-order valence-corrected chi connectivity index (χ4v) is 7.07. The highest BCUT2D eigenvalue weighted by Gasteiger charge is 2.41. The number of hydrogen-bond donors (Lipinski definition) is 1. The molecule has 1 aliphatic rings. The van der Waals surface area contributed by atoms with E-state index < -0.39 is 25.4 Å². The number of sulfone groups is 1. The van der Waals surface area contributed by atoms with Gasteiger partial charge in [0.15, 0.2) is 9.84 Å². The molecular formula is C11H17NO4S3. The summed E-state index contributed by atoms with van der Waals surface area (Å²) in [6.07, 6.45) is 1.10. The van der Waals surface area contributed by atoms with Crippen LogP contribution in [0.2, 0.25) is 0 Å². The highest BCUT2D eigenvalue weighted by molar-refractivity contribution is 7.92. The van der Waals surface area contributed by atoms with Gasteiger partial charge in [-0.2, -0.15) is 0 Å². The van der Waals surface area contributed by atoms with Gasteiger partial charge in [-0.05, 0) is 31.9 Å². The zero-order valence-corrected chi connectivity index (χ0v) is 13.3. The normalized spacial score (nSPS) is 26.6. The van der Waals surface area contributed by atoms with Crippen LogP contribution in [0.3, 0.4) is 0 Å². The van der Waals surface area contributed by atoms with Gasteiger partial charge in [0.1, 0.15) is 4.21 Å². The number of sulfonamides is 1. The zero-order valence-electron chi connectivity index (χ0n) is 10.8. The third-order valence-corrected chi connectivity index (χ3v) is 8.40. The lowest BCUT2D eigenvalue weighted by Crippen LogP contribution is -2.46. The summed E-state index contributed by atoms with van der Waals surface area (Å²) in [4.78, 5) is 0.990. The number of thiophene rings is 1. The van der Waals surface area contributed by atoms with E-state index in [1.807, 2.05) is 6.92 Å². The predicted octanol–water partition coefficient (Wildman–Crippen LogP) is 1.17. The van der Waals surface area contributed by atoms with Crippen molar-refractivity contribution in [3.8, 4) is 0 Å². The molecule has 108 valence electrons. The van der Waals surface area contributed by atoms with Crippen LogP contribution < -0.4 is 4.72 Å². The summed E-state index contributed by atoms with van der Waals surface area (Å²) in [7, 11) is -6.77. The van der Waals surface area contributed by atoms with Gasteiger partial charge in [0.25, 0.3) is 10.0 Å². The summed E-state index contributed by atoms with van der Waals surface area (Å²) in [5, 5.41) is 0. The van der Waals surface area contributed by atoms with Gasteiger partial charge in [-0.3, -0.25) is 0 Å². The second kappa shape index (κ2) is 4.83. The predicted molar refractivity (Wildman–Crippen MR) is 75.7 cm³/mol. The van der Waals surface area contributed by atoms with Crippen LogP contribution in [0, 0.1) is 0 Å². The summed E-state index contributed by atoms with van der Waals surface area (Å²) >= 11 is 1.22. The Hall–Kier alpha value is -0.440. The monoisotopic (exact) mass is 323 g/mol. The molecule has 0 radical (unpaired) electrons. The van der Waals surface area contributed by atoms with Gasteiger partial charge in [-0.15, -0.1) is 11.3 Å². The van der Waals surface area contributed by atoms with Gasteiger partial charge in [0.2, 0.25) is 0 Å². The van der Waals surface area contributed by atoms with Crippen molar-refractivity contribution in [2.75, 3.05) is 11.5 Å². The maximum Gasteiger partial charge on any atom is 0.250 e. The standard InChI is InChI=1S/C11H17NO4S3/c1-3-9-4-5-10(17-9)19(15,16)12-11(2)6-7-18(13,14)8-11/h4-5,12H,3,6-8H2,1-2H3. The van der Waals surface area contributed by atoms with Gasteiger partial charge < -0.3 is 0 Å². The minimum absolute atomic E-state index is 0.0384. The van der Waals surface area contributed by atoms with Crippen LogP contribution in [-0.4, -0.2) is 33.9 Å². The van der Waals surface area contributed by atoms with Crippen LogP contribution in [0.1, 0.15) is 25.1 Å². The minimum atomic E-state index is -3.64. The smallest absolute Gasteiger partial charge is 0.229 e. The Balaban J connectivity index is 2.23. The summed E-state index contributed by atoms with van der Waals surface area (Å²) < 4.78 is 50.2. The summed E-state index contributed by atoms with van der Waals surface area (Å²) in [5.74, 6) is -0.0953. The first kappa shape index (κ1) is 15.0. The van der Waals surface area contributed by atoms with Crippen LogP contribution >= 0.6 is 11.3 Å². The fourth-order valence-electron chi connectivity index (χ4n) is 2.16. The van der Waals surface area contributed by atoms with Crippen molar-refractivity contribution < 1.29 is 16.8 Å². The van der Waals surface area contributed by atoms with Gasteiger partial charge in [0.05, 0.1) is 11.5 Å². The first-order chi connectivity index (χ1) is 8.66.